The number of para-hydroxylation sites is 1. The number of ether oxygens (including phenoxy) is 1. The number of nitrogens with zero attached hydrogens (tertiary/aromatic N) is 3. The largest absolute Gasteiger partial charge is 0.368 e. The third kappa shape index (κ3) is 3.95. The van der Waals surface area contributed by atoms with Crippen molar-refractivity contribution in [1.29, 1.82) is 0 Å². The highest BCUT2D eigenvalue weighted by Gasteiger charge is 2.31. The average Bonchev–Trinajstić information content (AvgIpc) is 3.38. The molecule has 6 nitrogen and oxygen atoms in total. The molecule has 3 aliphatic rings. The Kier molecular flexibility index (Phi) is 5.47. The molecule has 0 aliphatic carbocycles. The summed E-state index contributed by atoms with van der Waals surface area (Å²) in [7, 11) is 0. The molecule has 0 aromatic heterocycles. The molecule has 2 aromatic rings. The van der Waals surface area contributed by atoms with Gasteiger partial charge in [-0.3, -0.25) is 9.59 Å². The van der Waals surface area contributed by atoms with Crippen LogP contribution in [0.2, 0.25) is 0 Å². The van der Waals surface area contributed by atoms with E-state index in [1.807, 2.05) is 46.2 Å². The van der Waals surface area contributed by atoms with Crippen molar-refractivity contribution in [3.63, 3.8) is 0 Å². The van der Waals surface area contributed by atoms with Crippen LogP contribution in [-0.2, 0) is 9.53 Å². The maximum atomic E-state index is 13.0. The van der Waals surface area contributed by atoms with Crippen molar-refractivity contribution >= 4 is 29.3 Å². The Bertz CT molecular complexity index is 987. The summed E-state index contributed by atoms with van der Waals surface area (Å²) in [4.78, 5) is 31.4. The van der Waals surface area contributed by atoms with Crippen molar-refractivity contribution in [3.05, 3.63) is 65.7 Å². The molecule has 160 valence electrons. The van der Waals surface area contributed by atoms with Crippen LogP contribution in [0.3, 0.4) is 0 Å². The number of hydrogen-bond donors (Lipinski definition) is 0. The van der Waals surface area contributed by atoms with E-state index in [1.165, 1.54) is 11.3 Å². The minimum absolute atomic E-state index is 0.0229. The van der Waals surface area contributed by atoms with Crippen LogP contribution in [-0.4, -0.2) is 67.0 Å². The second-order valence-electron chi connectivity index (χ2n) is 8.24. The van der Waals surface area contributed by atoms with Gasteiger partial charge in [0.25, 0.3) is 11.8 Å². The van der Waals surface area contributed by atoms with E-state index in [4.69, 9.17) is 4.74 Å². The zero-order valence-corrected chi connectivity index (χ0v) is 17.6. The van der Waals surface area contributed by atoms with E-state index in [0.717, 1.165) is 25.1 Å². The number of hydrogen-bond acceptors (Lipinski definition) is 4. The van der Waals surface area contributed by atoms with Crippen LogP contribution in [0.15, 0.2) is 54.6 Å². The van der Waals surface area contributed by atoms with E-state index >= 15 is 0 Å². The fourth-order valence-corrected chi connectivity index (χ4v) is 4.57. The zero-order valence-electron chi connectivity index (χ0n) is 17.6. The second-order valence-corrected chi connectivity index (χ2v) is 8.24. The highest BCUT2D eigenvalue weighted by Crippen LogP contribution is 2.32. The zero-order chi connectivity index (χ0) is 21.2. The molecule has 0 radical (unpaired) electrons. The molecule has 1 atom stereocenters. The quantitative estimate of drug-likeness (QED) is 0.769. The normalized spacial score (nSPS) is 20.6. The number of benzene rings is 2. The molecule has 6 heteroatoms. The molecule has 0 saturated carbocycles. The summed E-state index contributed by atoms with van der Waals surface area (Å²) in [6.45, 7) is 3.74. The Labute approximate surface area is 182 Å². The van der Waals surface area contributed by atoms with Crippen LogP contribution in [0, 0.1) is 0 Å². The Balaban J connectivity index is 1.22. The van der Waals surface area contributed by atoms with Gasteiger partial charge in [0.2, 0.25) is 0 Å². The van der Waals surface area contributed by atoms with Gasteiger partial charge in [-0.05, 0) is 48.7 Å². The van der Waals surface area contributed by atoms with Crippen LogP contribution < -0.4 is 4.90 Å². The van der Waals surface area contributed by atoms with Crippen molar-refractivity contribution in [2.24, 2.45) is 0 Å². The minimum Gasteiger partial charge on any atom is -0.368 e. The summed E-state index contributed by atoms with van der Waals surface area (Å²) >= 11 is 0. The van der Waals surface area contributed by atoms with Gasteiger partial charge in [-0.25, -0.2) is 0 Å². The predicted molar refractivity (Wildman–Crippen MR) is 120 cm³/mol. The van der Waals surface area contributed by atoms with E-state index in [2.05, 4.69) is 29.2 Å². The van der Waals surface area contributed by atoms with Gasteiger partial charge in [0, 0.05) is 56.3 Å². The van der Waals surface area contributed by atoms with Gasteiger partial charge < -0.3 is 19.4 Å². The van der Waals surface area contributed by atoms with Crippen LogP contribution in [0.4, 0.5) is 11.4 Å². The summed E-state index contributed by atoms with van der Waals surface area (Å²) in [6, 6.07) is 16.2. The fraction of sp³-hybridized carbons (Fsp3) is 0.360. The molecule has 0 bridgehead atoms. The molecule has 1 unspecified atom stereocenters. The first-order valence-corrected chi connectivity index (χ1v) is 11.0. The molecule has 0 spiro atoms. The first-order valence-electron chi connectivity index (χ1n) is 11.0. The van der Waals surface area contributed by atoms with Crippen molar-refractivity contribution in [1.82, 2.24) is 9.80 Å². The molecular formula is C25H27N3O3. The smallest absolute Gasteiger partial charge is 0.253 e. The molecule has 3 aliphatic heterocycles. The number of rotatable bonds is 3. The van der Waals surface area contributed by atoms with Crippen molar-refractivity contribution in [3.8, 4) is 0 Å². The van der Waals surface area contributed by atoms with Crippen molar-refractivity contribution < 1.29 is 14.3 Å². The number of fused-ring (bicyclic) bond motifs is 1. The Morgan fingerprint density at radius 1 is 0.903 bits per heavy atom. The van der Waals surface area contributed by atoms with Crippen molar-refractivity contribution in [2.45, 2.75) is 18.9 Å². The molecule has 2 aromatic carbocycles. The van der Waals surface area contributed by atoms with E-state index in [1.54, 1.807) is 0 Å². The summed E-state index contributed by atoms with van der Waals surface area (Å²) in [5.74, 6) is 0.0968. The SMILES string of the molecule is O=C(c1ccc(N2CC=Cc3ccccc32)cc1)N1CCN(C(=O)C2CCCO2)CC1. The predicted octanol–water partition coefficient (Wildman–Crippen LogP) is 3.31. The van der Waals surface area contributed by atoms with Gasteiger partial charge in [0.1, 0.15) is 6.10 Å². The second kappa shape index (κ2) is 8.55. The maximum Gasteiger partial charge on any atom is 0.253 e. The lowest BCUT2D eigenvalue weighted by atomic mass is 10.1. The standard InChI is InChI=1S/C25H27N3O3/c29-24(26-14-16-27(17-15-26)25(30)23-8-4-18-31-23)20-9-11-21(12-10-20)28-13-3-6-19-5-1-2-7-22(19)28/h1-3,5-7,9-12,23H,4,8,13-18H2. The molecule has 2 amide bonds. The van der Waals surface area contributed by atoms with Gasteiger partial charge in [-0.2, -0.15) is 0 Å². The highest BCUT2D eigenvalue weighted by atomic mass is 16.5. The van der Waals surface area contributed by atoms with Crippen LogP contribution in [0.5, 0.6) is 0 Å². The number of anilines is 2. The lowest BCUT2D eigenvalue weighted by molar-refractivity contribution is -0.142. The summed E-state index contributed by atoms with van der Waals surface area (Å²) in [6.07, 6.45) is 5.77. The highest BCUT2D eigenvalue weighted by molar-refractivity contribution is 5.95. The topological polar surface area (TPSA) is 53.1 Å². The monoisotopic (exact) mass is 417 g/mol. The van der Waals surface area contributed by atoms with Crippen LogP contribution >= 0.6 is 0 Å². The number of carbonyl (C=O) groups is 2. The molecular weight excluding hydrogens is 390 g/mol. The van der Waals surface area contributed by atoms with Crippen LogP contribution in [0.1, 0.15) is 28.8 Å². The summed E-state index contributed by atoms with van der Waals surface area (Å²) in [5.41, 5.74) is 4.13. The first-order chi connectivity index (χ1) is 15.2. The lowest BCUT2D eigenvalue weighted by Crippen LogP contribution is -2.52. The van der Waals surface area contributed by atoms with E-state index in [0.29, 0.717) is 38.3 Å². The summed E-state index contributed by atoms with van der Waals surface area (Å²) in [5, 5.41) is 0. The number of carbonyl (C=O) groups excluding carboxylic acids is 2. The number of piperazine rings is 1. The third-order valence-electron chi connectivity index (χ3n) is 6.32. The molecule has 2 saturated heterocycles. The Morgan fingerprint density at radius 3 is 2.39 bits per heavy atom. The number of amides is 2. The molecule has 3 heterocycles. The van der Waals surface area contributed by atoms with E-state index in [9.17, 15) is 9.59 Å². The Hall–Kier alpha value is -3.12. The molecule has 0 N–H and O–H groups in total. The molecule has 31 heavy (non-hydrogen) atoms. The minimum atomic E-state index is -0.287. The van der Waals surface area contributed by atoms with E-state index < -0.39 is 0 Å². The van der Waals surface area contributed by atoms with Gasteiger partial charge in [0.05, 0.1) is 0 Å². The molecule has 2 fully saturated rings. The van der Waals surface area contributed by atoms with Gasteiger partial charge in [0.15, 0.2) is 0 Å². The van der Waals surface area contributed by atoms with E-state index in [-0.39, 0.29) is 17.9 Å². The lowest BCUT2D eigenvalue weighted by Gasteiger charge is -2.35. The summed E-state index contributed by atoms with van der Waals surface area (Å²) < 4.78 is 5.51. The average molecular weight is 418 g/mol. The maximum absolute atomic E-state index is 13.0. The molecule has 5 rings (SSSR count). The van der Waals surface area contributed by atoms with Crippen LogP contribution in [0.25, 0.3) is 6.08 Å². The van der Waals surface area contributed by atoms with Gasteiger partial charge in [-0.1, -0.05) is 30.4 Å². The van der Waals surface area contributed by atoms with Crippen molar-refractivity contribution in [2.75, 3.05) is 44.2 Å². The first kappa shape index (κ1) is 19.8. The fourth-order valence-electron chi connectivity index (χ4n) is 4.57. The van der Waals surface area contributed by atoms with Gasteiger partial charge in [-0.15, -0.1) is 0 Å². The Morgan fingerprint density at radius 2 is 1.65 bits per heavy atom. The van der Waals surface area contributed by atoms with Gasteiger partial charge >= 0.3 is 0 Å². The third-order valence-corrected chi connectivity index (χ3v) is 6.32.